The number of ether oxygens (including phenoxy) is 1. The molecular weight excluding hydrogens is 380 g/mol. The predicted molar refractivity (Wildman–Crippen MR) is 118 cm³/mol. The van der Waals surface area contributed by atoms with Gasteiger partial charge in [0.2, 0.25) is 0 Å². The summed E-state index contributed by atoms with van der Waals surface area (Å²) < 4.78 is 5.36. The van der Waals surface area contributed by atoms with Crippen LogP contribution in [0.5, 0.6) is 0 Å². The SMILES string of the molecule is CC(C)(C)OC(=O)NC(Cc1ccccc1)C(O)CN[C@@H](CO)Cc1ccccc1. The number of amides is 1. The lowest BCUT2D eigenvalue weighted by Gasteiger charge is -2.28. The molecule has 0 aliphatic carbocycles. The monoisotopic (exact) mass is 414 g/mol. The predicted octanol–water partition coefficient (Wildman–Crippen LogP) is 2.68. The number of benzene rings is 2. The lowest BCUT2D eigenvalue weighted by molar-refractivity contribution is 0.0417. The number of hydrogen-bond donors (Lipinski definition) is 4. The molecule has 4 N–H and O–H groups in total. The highest BCUT2D eigenvalue weighted by molar-refractivity contribution is 5.68. The molecule has 0 aliphatic heterocycles. The fraction of sp³-hybridized carbons (Fsp3) is 0.458. The van der Waals surface area contributed by atoms with Gasteiger partial charge in [-0.25, -0.2) is 4.79 Å². The summed E-state index contributed by atoms with van der Waals surface area (Å²) in [6.07, 6.45) is -0.314. The Morgan fingerprint density at radius 1 is 0.967 bits per heavy atom. The van der Waals surface area contributed by atoms with Crippen LogP contribution in [0, 0.1) is 0 Å². The minimum atomic E-state index is -0.859. The normalized spacial score (nSPS) is 14.6. The first-order chi connectivity index (χ1) is 14.3. The van der Waals surface area contributed by atoms with Gasteiger partial charge in [0.05, 0.1) is 18.8 Å². The van der Waals surface area contributed by atoms with E-state index in [4.69, 9.17) is 4.74 Å². The van der Waals surface area contributed by atoms with E-state index in [0.717, 1.165) is 11.1 Å². The highest BCUT2D eigenvalue weighted by Crippen LogP contribution is 2.11. The smallest absolute Gasteiger partial charge is 0.407 e. The van der Waals surface area contributed by atoms with Crippen molar-refractivity contribution in [3.63, 3.8) is 0 Å². The van der Waals surface area contributed by atoms with Crippen molar-refractivity contribution >= 4 is 6.09 Å². The molecule has 2 unspecified atom stereocenters. The maximum absolute atomic E-state index is 12.3. The molecule has 0 spiro atoms. The Labute approximate surface area is 179 Å². The third-order valence-electron chi connectivity index (χ3n) is 4.63. The highest BCUT2D eigenvalue weighted by atomic mass is 16.6. The van der Waals surface area contributed by atoms with Crippen molar-refractivity contribution in [3.05, 3.63) is 71.8 Å². The molecule has 6 nitrogen and oxygen atoms in total. The summed E-state index contributed by atoms with van der Waals surface area (Å²) in [5.41, 5.74) is 1.48. The van der Waals surface area contributed by atoms with E-state index in [1.54, 1.807) is 20.8 Å². The number of carbonyl (C=O) groups excluding carboxylic acids is 1. The maximum atomic E-state index is 12.3. The standard InChI is InChI=1S/C24H34N2O4/c1-24(2,3)30-23(29)26-21(15-19-12-8-5-9-13-19)22(28)16-25-20(17-27)14-18-10-6-4-7-11-18/h4-13,20-22,25,27-28H,14-17H2,1-3H3,(H,26,29)/t20-,21?,22?/m1/s1. The van der Waals surface area contributed by atoms with Crippen LogP contribution in [0.4, 0.5) is 4.79 Å². The molecule has 0 heterocycles. The Kier molecular flexibility index (Phi) is 9.30. The Morgan fingerprint density at radius 2 is 1.50 bits per heavy atom. The van der Waals surface area contributed by atoms with Crippen LogP contribution in [0.2, 0.25) is 0 Å². The maximum Gasteiger partial charge on any atom is 0.407 e. The molecule has 0 saturated carbocycles. The highest BCUT2D eigenvalue weighted by Gasteiger charge is 2.25. The minimum Gasteiger partial charge on any atom is -0.444 e. The van der Waals surface area contributed by atoms with Crippen molar-refractivity contribution in [1.29, 1.82) is 0 Å². The van der Waals surface area contributed by atoms with E-state index >= 15 is 0 Å². The summed E-state index contributed by atoms with van der Waals surface area (Å²) >= 11 is 0. The molecule has 2 aromatic rings. The van der Waals surface area contributed by atoms with E-state index in [0.29, 0.717) is 12.8 Å². The van der Waals surface area contributed by atoms with Gasteiger partial charge < -0.3 is 25.6 Å². The lowest BCUT2D eigenvalue weighted by Crippen LogP contribution is -2.51. The second kappa shape index (κ2) is 11.7. The van der Waals surface area contributed by atoms with Gasteiger partial charge in [-0.05, 0) is 44.7 Å². The molecule has 0 aromatic heterocycles. The number of carbonyl (C=O) groups is 1. The Morgan fingerprint density at radius 3 is 2.00 bits per heavy atom. The number of aliphatic hydroxyl groups is 2. The minimum absolute atomic E-state index is 0.0511. The van der Waals surface area contributed by atoms with Gasteiger partial charge in [0.15, 0.2) is 0 Å². The quantitative estimate of drug-likeness (QED) is 0.480. The van der Waals surface area contributed by atoms with Crippen LogP contribution < -0.4 is 10.6 Å². The number of nitrogens with one attached hydrogen (secondary N) is 2. The fourth-order valence-corrected chi connectivity index (χ4v) is 3.14. The van der Waals surface area contributed by atoms with Crippen LogP contribution in [-0.2, 0) is 17.6 Å². The molecule has 6 heteroatoms. The summed E-state index contributed by atoms with van der Waals surface area (Å²) in [7, 11) is 0. The zero-order chi connectivity index (χ0) is 22.0. The van der Waals surface area contributed by atoms with E-state index in [1.165, 1.54) is 0 Å². The van der Waals surface area contributed by atoms with Crippen LogP contribution in [-0.4, -0.2) is 53.2 Å². The van der Waals surface area contributed by atoms with Crippen LogP contribution in [0.3, 0.4) is 0 Å². The van der Waals surface area contributed by atoms with Crippen LogP contribution in [0.15, 0.2) is 60.7 Å². The van der Waals surface area contributed by atoms with E-state index in [9.17, 15) is 15.0 Å². The first-order valence-electron chi connectivity index (χ1n) is 10.4. The third-order valence-corrected chi connectivity index (χ3v) is 4.63. The number of aliphatic hydroxyl groups excluding tert-OH is 2. The Bertz CT molecular complexity index is 747. The van der Waals surface area contributed by atoms with Gasteiger partial charge in [-0.15, -0.1) is 0 Å². The molecule has 164 valence electrons. The zero-order valence-electron chi connectivity index (χ0n) is 18.0. The lowest BCUT2D eigenvalue weighted by atomic mass is 10.0. The second-order valence-electron chi connectivity index (χ2n) is 8.49. The summed E-state index contributed by atoms with van der Waals surface area (Å²) in [6, 6.07) is 18.8. The molecule has 1 amide bonds. The van der Waals surface area contributed by atoms with Crippen molar-refractivity contribution in [1.82, 2.24) is 10.6 Å². The average molecular weight is 415 g/mol. The first-order valence-corrected chi connectivity index (χ1v) is 10.4. The van der Waals surface area contributed by atoms with Crippen molar-refractivity contribution in [2.45, 2.75) is 57.4 Å². The zero-order valence-corrected chi connectivity index (χ0v) is 18.0. The number of hydrogen-bond acceptors (Lipinski definition) is 5. The Balaban J connectivity index is 1.99. The van der Waals surface area contributed by atoms with Gasteiger partial charge >= 0.3 is 6.09 Å². The van der Waals surface area contributed by atoms with Crippen molar-refractivity contribution in [3.8, 4) is 0 Å². The topological polar surface area (TPSA) is 90.8 Å². The summed E-state index contributed by atoms with van der Waals surface area (Å²) in [5, 5.41) is 26.5. The second-order valence-corrected chi connectivity index (χ2v) is 8.49. The van der Waals surface area contributed by atoms with Gasteiger partial charge in [0, 0.05) is 12.6 Å². The van der Waals surface area contributed by atoms with Crippen LogP contribution in [0.25, 0.3) is 0 Å². The van der Waals surface area contributed by atoms with E-state index in [1.807, 2.05) is 60.7 Å². The van der Waals surface area contributed by atoms with E-state index < -0.39 is 23.8 Å². The average Bonchev–Trinajstić information content (AvgIpc) is 2.70. The van der Waals surface area contributed by atoms with Gasteiger partial charge in [-0.3, -0.25) is 0 Å². The van der Waals surface area contributed by atoms with Crippen molar-refractivity contribution in [2.75, 3.05) is 13.2 Å². The molecule has 3 atom stereocenters. The summed E-state index contributed by atoms with van der Waals surface area (Å²) in [5.74, 6) is 0. The molecule has 0 fully saturated rings. The van der Waals surface area contributed by atoms with Gasteiger partial charge in [0.1, 0.15) is 5.60 Å². The molecule has 0 radical (unpaired) electrons. The van der Waals surface area contributed by atoms with Gasteiger partial charge in [-0.1, -0.05) is 60.7 Å². The van der Waals surface area contributed by atoms with E-state index in [2.05, 4.69) is 10.6 Å². The van der Waals surface area contributed by atoms with Crippen molar-refractivity contribution in [2.24, 2.45) is 0 Å². The molecule has 2 aromatic carbocycles. The van der Waals surface area contributed by atoms with Gasteiger partial charge in [-0.2, -0.15) is 0 Å². The van der Waals surface area contributed by atoms with Gasteiger partial charge in [0.25, 0.3) is 0 Å². The molecular formula is C24H34N2O4. The number of rotatable bonds is 10. The first kappa shape index (κ1) is 23.9. The Hall–Kier alpha value is -2.41. The molecule has 0 bridgehead atoms. The van der Waals surface area contributed by atoms with Crippen LogP contribution in [0.1, 0.15) is 31.9 Å². The molecule has 0 aliphatic rings. The van der Waals surface area contributed by atoms with Crippen LogP contribution >= 0.6 is 0 Å². The van der Waals surface area contributed by atoms with Crippen molar-refractivity contribution < 1.29 is 19.7 Å². The summed E-state index contributed by atoms with van der Waals surface area (Å²) in [4.78, 5) is 12.3. The summed E-state index contributed by atoms with van der Waals surface area (Å²) in [6.45, 7) is 5.57. The fourth-order valence-electron chi connectivity index (χ4n) is 3.14. The molecule has 30 heavy (non-hydrogen) atoms. The largest absolute Gasteiger partial charge is 0.444 e. The number of alkyl carbamates (subject to hydrolysis) is 1. The molecule has 0 saturated heterocycles. The third kappa shape index (κ3) is 8.95. The van der Waals surface area contributed by atoms with E-state index in [-0.39, 0.29) is 19.2 Å². The molecule has 2 rings (SSSR count).